The van der Waals surface area contributed by atoms with Gasteiger partial charge in [0.05, 0.1) is 0 Å². The molecule has 1 aliphatic rings. The quantitative estimate of drug-likeness (QED) is 0.834. The summed E-state index contributed by atoms with van der Waals surface area (Å²) >= 11 is 0. The number of aromatic amines is 1. The van der Waals surface area contributed by atoms with Crippen LogP contribution in [0.15, 0.2) is 24.4 Å². The van der Waals surface area contributed by atoms with Crippen LogP contribution in [0.25, 0.3) is 10.9 Å². The standard InChI is InChI=1S/C15H20N2/c1-12-6-5-7-14-13(10-16-15(12)14)11-17-8-3-2-4-9-17/h5-7,10,16H,2-4,8-9,11H2,1H3. The van der Waals surface area contributed by atoms with Gasteiger partial charge in [0, 0.05) is 23.6 Å². The second kappa shape index (κ2) is 4.53. The maximum absolute atomic E-state index is 3.42. The minimum atomic E-state index is 1.10. The first kappa shape index (κ1) is 10.8. The van der Waals surface area contributed by atoms with Crippen LogP contribution in [0.3, 0.4) is 0 Å². The molecule has 1 aromatic carbocycles. The molecular weight excluding hydrogens is 208 g/mol. The Balaban J connectivity index is 1.87. The van der Waals surface area contributed by atoms with Crippen LogP contribution in [-0.2, 0) is 6.54 Å². The Labute approximate surface area is 103 Å². The molecule has 0 unspecified atom stereocenters. The zero-order valence-corrected chi connectivity index (χ0v) is 10.5. The maximum atomic E-state index is 3.42. The summed E-state index contributed by atoms with van der Waals surface area (Å²) in [5.41, 5.74) is 4.09. The molecule has 90 valence electrons. The minimum absolute atomic E-state index is 1.10. The highest BCUT2D eigenvalue weighted by Crippen LogP contribution is 2.23. The predicted molar refractivity (Wildman–Crippen MR) is 72.2 cm³/mol. The van der Waals surface area contributed by atoms with Gasteiger partial charge in [-0.2, -0.15) is 0 Å². The Kier molecular flexibility index (Phi) is 2.89. The molecule has 2 nitrogen and oxygen atoms in total. The molecule has 2 aromatic rings. The van der Waals surface area contributed by atoms with E-state index >= 15 is 0 Å². The minimum Gasteiger partial charge on any atom is -0.361 e. The van der Waals surface area contributed by atoms with Crippen molar-refractivity contribution < 1.29 is 0 Å². The van der Waals surface area contributed by atoms with Gasteiger partial charge >= 0.3 is 0 Å². The van der Waals surface area contributed by atoms with Gasteiger partial charge in [-0.25, -0.2) is 0 Å². The van der Waals surface area contributed by atoms with Crippen molar-refractivity contribution >= 4 is 10.9 Å². The Hall–Kier alpha value is -1.28. The first-order chi connectivity index (χ1) is 8.34. The van der Waals surface area contributed by atoms with Crippen molar-refractivity contribution in [1.29, 1.82) is 0 Å². The van der Waals surface area contributed by atoms with Gasteiger partial charge in [0.25, 0.3) is 0 Å². The average molecular weight is 228 g/mol. The molecule has 0 amide bonds. The van der Waals surface area contributed by atoms with Crippen molar-refractivity contribution in [2.45, 2.75) is 32.7 Å². The van der Waals surface area contributed by atoms with E-state index in [1.807, 2.05) is 0 Å². The number of rotatable bonds is 2. The third kappa shape index (κ3) is 2.09. The second-order valence-electron chi connectivity index (χ2n) is 5.15. The van der Waals surface area contributed by atoms with Gasteiger partial charge in [-0.15, -0.1) is 0 Å². The number of aryl methyl sites for hydroxylation is 1. The molecule has 17 heavy (non-hydrogen) atoms. The zero-order chi connectivity index (χ0) is 11.7. The fourth-order valence-corrected chi connectivity index (χ4v) is 2.85. The van der Waals surface area contributed by atoms with Gasteiger partial charge in [0.15, 0.2) is 0 Å². The number of H-pyrrole nitrogens is 1. The Bertz CT molecular complexity index is 507. The first-order valence-corrected chi connectivity index (χ1v) is 6.62. The largest absolute Gasteiger partial charge is 0.361 e. The lowest BCUT2D eigenvalue weighted by Gasteiger charge is -2.26. The molecule has 0 saturated carbocycles. The number of hydrogen-bond donors (Lipinski definition) is 1. The van der Waals surface area contributed by atoms with Crippen LogP contribution in [0.2, 0.25) is 0 Å². The fourth-order valence-electron chi connectivity index (χ4n) is 2.85. The number of benzene rings is 1. The van der Waals surface area contributed by atoms with Crippen LogP contribution in [0.1, 0.15) is 30.4 Å². The number of fused-ring (bicyclic) bond motifs is 1. The molecule has 0 bridgehead atoms. The van der Waals surface area contributed by atoms with Gasteiger partial charge < -0.3 is 4.98 Å². The second-order valence-corrected chi connectivity index (χ2v) is 5.15. The summed E-state index contributed by atoms with van der Waals surface area (Å²) in [6.45, 7) is 5.80. The fraction of sp³-hybridized carbons (Fsp3) is 0.467. The van der Waals surface area contributed by atoms with Gasteiger partial charge in [0.2, 0.25) is 0 Å². The number of hydrogen-bond acceptors (Lipinski definition) is 1. The number of aromatic nitrogens is 1. The molecule has 0 radical (unpaired) electrons. The van der Waals surface area contributed by atoms with Crippen molar-refractivity contribution in [3.05, 3.63) is 35.5 Å². The molecule has 0 atom stereocenters. The average Bonchev–Trinajstić information content (AvgIpc) is 2.76. The number of para-hydroxylation sites is 1. The molecule has 1 saturated heterocycles. The molecule has 0 spiro atoms. The van der Waals surface area contributed by atoms with E-state index in [2.05, 4.69) is 41.2 Å². The normalized spacial score (nSPS) is 17.7. The van der Waals surface area contributed by atoms with E-state index in [1.165, 1.54) is 54.4 Å². The maximum Gasteiger partial charge on any atom is 0.0487 e. The molecule has 1 aliphatic heterocycles. The number of piperidine rings is 1. The van der Waals surface area contributed by atoms with Crippen LogP contribution >= 0.6 is 0 Å². The summed E-state index contributed by atoms with van der Waals surface area (Å²) in [7, 11) is 0. The molecule has 1 fully saturated rings. The number of nitrogens with one attached hydrogen (secondary N) is 1. The van der Waals surface area contributed by atoms with Crippen LogP contribution in [0.4, 0.5) is 0 Å². The van der Waals surface area contributed by atoms with E-state index in [9.17, 15) is 0 Å². The molecule has 1 N–H and O–H groups in total. The summed E-state index contributed by atoms with van der Waals surface area (Å²) < 4.78 is 0. The van der Waals surface area contributed by atoms with Gasteiger partial charge in [-0.05, 0) is 44.0 Å². The lowest BCUT2D eigenvalue weighted by atomic mass is 10.1. The Morgan fingerprint density at radius 2 is 2.00 bits per heavy atom. The molecule has 0 aliphatic carbocycles. The number of likely N-dealkylation sites (tertiary alicyclic amines) is 1. The van der Waals surface area contributed by atoms with Crippen LogP contribution in [-0.4, -0.2) is 23.0 Å². The van der Waals surface area contributed by atoms with Crippen LogP contribution in [0, 0.1) is 6.92 Å². The summed E-state index contributed by atoms with van der Waals surface area (Å²) in [5.74, 6) is 0. The van der Waals surface area contributed by atoms with E-state index in [4.69, 9.17) is 0 Å². The molecule has 1 aromatic heterocycles. The number of nitrogens with zero attached hydrogens (tertiary/aromatic N) is 1. The van der Waals surface area contributed by atoms with E-state index in [1.54, 1.807) is 0 Å². The van der Waals surface area contributed by atoms with E-state index in [0.29, 0.717) is 0 Å². The van der Waals surface area contributed by atoms with Crippen molar-refractivity contribution in [3.8, 4) is 0 Å². The topological polar surface area (TPSA) is 19.0 Å². The lowest BCUT2D eigenvalue weighted by Crippen LogP contribution is -2.28. The first-order valence-electron chi connectivity index (χ1n) is 6.62. The lowest BCUT2D eigenvalue weighted by molar-refractivity contribution is 0.221. The molecule has 3 rings (SSSR count). The summed E-state index contributed by atoms with van der Waals surface area (Å²) in [6, 6.07) is 6.56. The van der Waals surface area contributed by atoms with Gasteiger partial charge in [0.1, 0.15) is 0 Å². The summed E-state index contributed by atoms with van der Waals surface area (Å²) in [4.78, 5) is 6.00. The third-order valence-corrected chi connectivity index (χ3v) is 3.85. The van der Waals surface area contributed by atoms with Crippen molar-refractivity contribution in [2.24, 2.45) is 0 Å². The van der Waals surface area contributed by atoms with Crippen molar-refractivity contribution in [2.75, 3.05) is 13.1 Å². The van der Waals surface area contributed by atoms with E-state index < -0.39 is 0 Å². The van der Waals surface area contributed by atoms with Crippen LogP contribution in [0.5, 0.6) is 0 Å². The third-order valence-electron chi connectivity index (χ3n) is 3.85. The smallest absolute Gasteiger partial charge is 0.0487 e. The molecule has 2 heteroatoms. The molecule has 2 heterocycles. The Morgan fingerprint density at radius 3 is 2.82 bits per heavy atom. The predicted octanol–water partition coefficient (Wildman–Crippen LogP) is 3.46. The highest BCUT2D eigenvalue weighted by atomic mass is 15.1. The molecular formula is C15H20N2. The van der Waals surface area contributed by atoms with Crippen molar-refractivity contribution in [1.82, 2.24) is 9.88 Å². The van der Waals surface area contributed by atoms with Crippen LogP contribution < -0.4 is 0 Å². The van der Waals surface area contributed by atoms with Crippen molar-refractivity contribution in [3.63, 3.8) is 0 Å². The van der Waals surface area contributed by atoms with Gasteiger partial charge in [-0.1, -0.05) is 24.6 Å². The van der Waals surface area contributed by atoms with E-state index in [0.717, 1.165) is 6.54 Å². The Morgan fingerprint density at radius 1 is 1.18 bits per heavy atom. The SMILES string of the molecule is Cc1cccc2c(CN3CCCCC3)c[nH]c12. The monoisotopic (exact) mass is 228 g/mol. The highest BCUT2D eigenvalue weighted by Gasteiger charge is 2.13. The summed E-state index contributed by atoms with van der Waals surface area (Å²) in [6.07, 6.45) is 6.32. The summed E-state index contributed by atoms with van der Waals surface area (Å²) in [5, 5.41) is 1.40. The van der Waals surface area contributed by atoms with E-state index in [-0.39, 0.29) is 0 Å². The zero-order valence-electron chi connectivity index (χ0n) is 10.5. The van der Waals surface area contributed by atoms with Gasteiger partial charge in [-0.3, -0.25) is 4.90 Å². The highest BCUT2D eigenvalue weighted by molar-refractivity contribution is 5.85.